The summed E-state index contributed by atoms with van der Waals surface area (Å²) >= 11 is 0. The highest BCUT2D eigenvalue weighted by molar-refractivity contribution is 6.05. The van der Waals surface area contributed by atoms with Crippen LogP contribution >= 0.6 is 0 Å². The molecule has 0 bridgehead atoms. The maximum atomic E-state index is 12.3. The van der Waals surface area contributed by atoms with E-state index in [2.05, 4.69) is 15.6 Å². The first kappa shape index (κ1) is 14.1. The van der Waals surface area contributed by atoms with Crippen LogP contribution in [-0.2, 0) is 0 Å². The molecule has 2 aromatic rings. The molecule has 0 aliphatic rings. The van der Waals surface area contributed by atoms with E-state index in [0.29, 0.717) is 5.56 Å². The number of para-hydroxylation sites is 1. The SMILES string of the molecule is CCNc1cc(C(=O)Nc2ccccc2C)cc(C)n1. The van der Waals surface area contributed by atoms with E-state index in [0.717, 1.165) is 29.3 Å². The van der Waals surface area contributed by atoms with Gasteiger partial charge in [0.2, 0.25) is 0 Å². The van der Waals surface area contributed by atoms with E-state index < -0.39 is 0 Å². The van der Waals surface area contributed by atoms with Gasteiger partial charge in [0.05, 0.1) is 0 Å². The first-order valence-corrected chi connectivity index (χ1v) is 6.69. The van der Waals surface area contributed by atoms with Crippen molar-refractivity contribution in [2.45, 2.75) is 20.8 Å². The van der Waals surface area contributed by atoms with E-state index >= 15 is 0 Å². The third-order valence-electron chi connectivity index (χ3n) is 2.97. The second kappa shape index (κ2) is 6.19. The van der Waals surface area contributed by atoms with Crippen molar-refractivity contribution in [1.82, 2.24) is 4.98 Å². The largest absolute Gasteiger partial charge is 0.370 e. The molecule has 20 heavy (non-hydrogen) atoms. The van der Waals surface area contributed by atoms with Crippen LogP contribution in [0.5, 0.6) is 0 Å². The fraction of sp³-hybridized carbons (Fsp3) is 0.250. The number of carbonyl (C=O) groups excluding carboxylic acids is 1. The molecule has 0 unspecified atom stereocenters. The van der Waals surface area contributed by atoms with Gasteiger partial charge in [0.25, 0.3) is 5.91 Å². The zero-order valence-corrected chi connectivity index (χ0v) is 12.0. The number of aromatic nitrogens is 1. The lowest BCUT2D eigenvalue weighted by Crippen LogP contribution is -2.14. The van der Waals surface area contributed by atoms with E-state index in [9.17, 15) is 4.79 Å². The summed E-state index contributed by atoms with van der Waals surface area (Å²) in [4.78, 5) is 16.6. The van der Waals surface area contributed by atoms with Gasteiger partial charge in [-0.2, -0.15) is 0 Å². The van der Waals surface area contributed by atoms with Crippen molar-refractivity contribution in [3.8, 4) is 0 Å². The second-order valence-corrected chi connectivity index (χ2v) is 4.68. The van der Waals surface area contributed by atoms with Crippen LogP contribution in [0, 0.1) is 13.8 Å². The van der Waals surface area contributed by atoms with Crippen molar-refractivity contribution >= 4 is 17.4 Å². The molecule has 4 heteroatoms. The molecule has 2 N–H and O–H groups in total. The Kier molecular flexibility index (Phi) is 4.35. The zero-order chi connectivity index (χ0) is 14.5. The van der Waals surface area contributed by atoms with Crippen molar-refractivity contribution in [2.75, 3.05) is 17.2 Å². The van der Waals surface area contributed by atoms with E-state index in [1.807, 2.05) is 45.0 Å². The fourth-order valence-corrected chi connectivity index (χ4v) is 1.98. The minimum Gasteiger partial charge on any atom is -0.370 e. The Morgan fingerprint density at radius 2 is 1.95 bits per heavy atom. The molecule has 0 atom stereocenters. The highest BCUT2D eigenvalue weighted by Crippen LogP contribution is 2.16. The molecule has 2 rings (SSSR count). The first-order chi connectivity index (χ1) is 9.60. The average Bonchev–Trinajstić information content (AvgIpc) is 2.41. The van der Waals surface area contributed by atoms with Gasteiger partial charge in [0.15, 0.2) is 0 Å². The summed E-state index contributed by atoms with van der Waals surface area (Å²) in [6.07, 6.45) is 0. The highest BCUT2D eigenvalue weighted by Gasteiger charge is 2.09. The van der Waals surface area contributed by atoms with Gasteiger partial charge in [0, 0.05) is 23.5 Å². The molecule has 0 fully saturated rings. The highest BCUT2D eigenvalue weighted by atomic mass is 16.1. The quantitative estimate of drug-likeness (QED) is 0.894. The summed E-state index contributed by atoms with van der Waals surface area (Å²) in [5.41, 5.74) is 3.30. The number of rotatable bonds is 4. The molecule has 1 aromatic carbocycles. The van der Waals surface area contributed by atoms with Crippen LogP contribution in [0.25, 0.3) is 0 Å². The van der Waals surface area contributed by atoms with Crippen LogP contribution in [-0.4, -0.2) is 17.4 Å². The molecular weight excluding hydrogens is 250 g/mol. The monoisotopic (exact) mass is 269 g/mol. The average molecular weight is 269 g/mol. The molecule has 1 amide bonds. The fourth-order valence-electron chi connectivity index (χ4n) is 1.98. The zero-order valence-electron chi connectivity index (χ0n) is 12.0. The number of hydrogen-bond donors (Lipinski definition) is 2. The van der Waals surface area contributed by atoms with E-state index in [1.54, 1.807) is 12.1 Å². The van der Waals surface area contributed by atoms with Crippen LogP contribution < -0.4 is 10.6 Å². The van der Waals surface area contributed by atoms with Gasteiger partial charge in [-0.3, -0.25) is 4.79 Å². The smallest absolute Gasteiger partial charge is 0.255 e. The lowest BCUT2D eigenvalue weighted by atomic mass is 10.1. The predicted molar refractivity (Wildman–Crippen MR) is 82.3 cm³/mol. The van der Waals surface area contributed by atoms with Crippen LogP contribution in [0.3, 0.4) is 0 Å². The van der Waals surface area contributed by atoms with E-state index in [-0.39, 0.29) is 5.91 Å². The molecule has 4 nitrogen and oxygen atoms in total. The van der Waals surface area contributed by atoms with Crippen molar-refractivity contribution in [2.24, 2.45) is 0 Å². The Morgan fingerprint density at radius 1 is 1.20 bits per heavy atom. The molecule has 0 saturated heterocycles. The molecule has 1 aromatic heterocycles. The van der Waals surface area contributed by atoms with Gasteiger partial charge in [-0.1, -0.05) is 18.2 Å². The van der Waals surface area contributed by atoms with Gasteiger partial charge in [-0.25, -0.2) is 4.98 Å². The summed E-state index contributed by atoms with van der Waals surface area (Å²) in [6.45, 7) is 6.62. The topological polar surface area (TPSA) is 54.0 Å². The Balaban J connectivity index is 2.23. The lowest BCUT2D eigenvalue weighted by Gasteiger charge is -2.10. The Hall–Kier alpha value is -2.36. The third kappa shape index (κ3) is 3.35. The van der Waals surface area contributed by atoms with Gasteiger partial charge >= 0.3 is 0 Å². The van der Waals surface area contributed by atoms with E-state index in [1.165, 1.54) is 0 Å². The molecule has 0 aliphatic heterocycles. The Labute approximate surface area is 119 Å². The third-order valence-corrected chi connectivity index (χ3v) is 2.97. The summed E-state index contributed by atoms with van der Waals surface area (Å²) in [6, 6.07) is 11.3. The Bertz CT molecular complexity index is 623. The number of nitrogens with zero attached hydrogens (tertiary/aromatic N) is 1. The number of carbonyl (C=O) groups is 1. The van der Waals surface area contributed by atoms with Crippen LogP contribution in [0.1, 0.15) is 28.5 Å². The van der Waals surface area contributed by atoms with Gasteiger partial charge in [0.1, 0.15) is 5.82 Å². The first-order valence-electron chi connectivity index (χ1n) is 6.69. The molecule has 1 heterocycles. The molecule has 0 aliphatic carbocycles. The molecule has 0 saturated carbocycles. The second-order valence-electron chi connectivity index (χ2n) is 4.68. The van der Waals surface area contributed by atoms with Crippen molar-refractivity contribution in [1.29, 1.82) is 0 Å². The molecular formula is C16H19N3O. The van der Waals surface area contributed by atoms with Gasteiger partial charge < -0.3 is 10.6 Å². The van der Waals surface area contributed by atoms with Gasteiger partial charge in [-0.15, -0.1) is 0 Å². The van der Waals surface area contributed by atoms with Crippen molar-refractivity contribution in [3.63, 3.8) is 0 Å². The summed E-state index contributed by atoms with van der Waals surface area (Å²) in [5, 5.41) is 6.06. The van der Waals surface area contributed by atoms with Crippen LogP contribution in [0.2, 0.25) is 0 Å². The maximum Gasteiger partial charge on any atom is 0.255 e. The number of hydrogen-bond acceptors (Lipinski definition) is 3. The number of amides is 1. The minimum atomic E-state index is -0.121. The minimum absolute atomic E-state index is 0.121. The van der Waals surface area contributed by atoms with Gasteiger partial charge in [-0.05, 0) is 44.5 Å². The number of benzene rings is 1. The Morgan fingerprint density at radius 3 is 2.65 bits per heavy atom. The summed E-state index contributed by atoms with van der Waals surface area (Å²) in [5.74, 6) is 0.603. The summed E-state index contributed by atoms with van der Waals surface area (Å²) < 4.78 is 0. The maximum absolute atomic E-state index is 12.3. The molecule has 0 radical (unpaired) electrons. The predicted octanol–water partition coefficient (Wildman–Crippen LogP) is 3.38. The standard InChI is InChI=1S/C16H19N3O/c1-4-17-15-10-13(9-12(3)18-15)16(20)19-14-8-6-5-7-11(14)2/h5-10H,4H2,1-3H3,(H,17,18)(H,19,20). The van der Waals surface area contributed by atoms with Crippen LogP contribution in [0.4, 0.5) is 11.5 Å². The van der Waals surface area contributed by atoms with Crippen molar-refractivity contribution < 1.29 is 4.79 Å². The number of anilines is 2. The number of nitrogens with one attached hydrogen (secondary N) is 2. The molecule has 104 valence electrons. The lowest BCUT2D eigenvalue weighted by molar-refractivity contribution is 0.102. The summed E-state index contributed by atoms with van der Waals surface area (Å²) in [7, 11) is 0. The normalized spacial score (nSPS) is 10.2. The molecule has 0 spiro atoms. The number of pyridine rings is 1. The van der Waals surface area contributed by atoms with Crippen LogP contribution in [0.15, 0.2) is 36.4 Å². The number of aryl methyl sites for hydroxylation is 2. The van der Waals surface area contributed by atoms with E-state index in [4.69, 9.17) is 0 Å². The van der Waals surface area contributed by atoms with Crippen molar-refractivity contribution in [3.05, 3.63) is 53.2 Å².